The predicted octanol–water partition coefficient (Wildman–Crippen LogP) is 2.27. The SMILES string of the molecule is CC1(CN)CCN(C(=O)c2ccc(NC(=O)C3CC3)cc2)C1.Cl. The summed E-state index contributed by atoms with van der Waals surface area (Å²) in [4.78, 5) is 26.1. The van der Waals surface area contributed by atoms with E-state index in [1.807, 2.05) is 4.90 Å². The van der Waals surface area contributed by atoms with Crippen molar-refractivity contribution in [3.8, 4) is 0 Å². The van der Waals surface area contributed by atoms with Crippen molar-refractivity contribution in [1.29, 1.82) is 0 Å². The van der Waals surface area contributed by atoms with Gasteiger partial charge in [0.2, 0.25) is 5.91 Å². The van der Waals surface area contributed by atoms with Gasteiger partial charge in [-0.05, 0) is 55.5 Å². The lowest BCUT2D eigenvalue weighted by Crippen LogP contribution is -2.34. The molecule has 3 N–H and O–H groups in total. The summed E-state index contributed by atoms with van der Waals surface area (Å²) in [5.74, 6) is 0.300. The van der Waals surface area contributed by atoms with Gasteiger partial charge in [-0.2, -0.15) is 0 Å². The molecule has 1 saturated carbocycles. The first kappa shape index (κ1) is 17.8. The molecule has 1 unspecified atom stereocenters. The van der Waals surface area contributed by atoms with E-state index in [2.05, 4.69) is 12.2 Å². The number of nitrogens with two attached hydrogens (primary N) is 1. The van der Waals surface area contributed by atoms with Crippen LogP contribution in [0.3, 0.4) is 0 Å². The third-order valence-electron chi connectivity index (χ3n) is 4.69. The Balaban J connectivity index is 0.00000192. The molecule has 1 aliphatic carbocycles. The summed E-state index contributed by atoms with van der Waals surface area (Å²) >= 11 is 0. The molecular formula is C17H24ClN3O2. The highest BCUT2D eigenvalue weighted by Crippen LogP contribution is 2.31. The van der Waals surface area contributed by atoms with E-state index in [0.29, 0.717) is 18.7 Å². The van der Waals surface area contributed by atoms with Crippen LogP contribution in [0.1, 0.15) is 36.5 Å². The summed E-state index contributed by atoms with van der Waals surface area (Å²) in [6, 6.07) is 7.16. The Morgan fingerprint density at radius 3 is 2.48 bits per heavy atom. The van der Waals surface area contributed by atoms with Gasteiger partial charge in [0.25, 0.3) is 5.91 Å². The molecule has 23 heavy (non-hydrogen) atoms. The van der Waals surface area contributed by atoms with Crippen molar-refractivity contribution in [3.05, 3.63) is 29.8 Å². The molecule has 5 nitrogen and oxygen atoms in total. The van der Waals surface area contributed by atoms with Gasteiger partial charge in [-0.15, -0.1) is 12.4 Å². The van der Waals surface area contributed by atoms with Crippen LogP contribution in [0.15, 0.2) is 24.3 Å². The molecule has 1 heterocycles. The summed E-state index contributed by atoms with van der Waals surface area (Å²) in [5, 5.41) is 2.88. The summed E-state index contributed by atoms with van der Waals surface area (Å²) in [7, 11) is 0. The third-order valence-corrected chi connectivity index (χ3v) is 4.69. The van der Waals surface area contributed by atoms with Crippen molar-refractivity contribution in [2.75, 3.05) is 25.0 Å². The van der Waals surface area contributed by atoms with Crippen LogP contribution in [0.25, 0.3) is 0 Å². The summed E-state index contributed by atoms with van der Waals surface area (Å²) in [5.41, 5.74) is 7.23. The Morgan fingerprint density at radius 2 is 1.96 bits per heavy atom. The van der Waals surface area contributed by atoms with Crippen LogP contribution in [0.4, 0.5) is 5.69 Å². The molecule has 0 aromatic heterocycles. The molecule has 126 valence electrons. The third kappa shape index (κ3) is 4.03. The van der Waals surface area contributed by atoms with Gasteiger partial charge in [-0.25, -0.2) is 0 Å². The first-order valence-corrected chi connectivity index (χ1v) is 7.91. The summed E-state index contributed by atoms with van der Waals surface area (Å²) in [6.45, 7) is 4.19. The molecule has 1 saturated heterocycles. The number of anilines is 1. The fraction of sp³-hybridized carbons (Fsp3) is 0.529. The van der Waals surface area contributed by atoms with E-state index in [-0.39, 0.29) is 35.6 Å². The molecule has 0 spiro atoms. The highest BCUT2D eigenvalue weighted by Gasteiger charge is 2.35. The molecule has 1 atom stereocenters. The van der Waals surface area contributed by atoms with Gasteiger partial charge in [0, 0.05) is 30.3 Å². The molecule has 6 heteroatoms. The van der Waals surface area contributed by atoms with Gasteiger partial charge in [0.15, 0.2) is 0 Å². The second-order valence-corrected chi connectivity index (χ2v) is 6.83. The second-order valence-electron chi connectivity index (χ2n) is 6.83. The van der Waals surface area contributed by atoms with Gasteiger partial charge in [0.1, 0.15) is 0 Å². The van der Waals surface area contributed by atoms with E-state index in [9.17, 15) is 9.59 Å². The van der Waals surface area contributed by atoms with E-state index < -0.39 is 0 Å². The minimum absolute atomic E-state index is 0. The number of nitrogens with one attached hydrogen (secondary N) is 1. The van der Waals surface area contributed by atoms with Gasteiger partial charge in [-0.3, -0.25) is 9.59 Å². The average Bonchev–Trinajstić information content (AvgIpc) is 3.30. The molecule has 0 radical (unpaired) electrons. The van der Waals surface area contributed by atoms with Gasteiger partial charge < -0.3 is 16.0 Å². The molecule has 3 rings (SSSR count). The first-order chi connectivity index (χ1) is 10.5. The van der Waals surface area contributed by atoms with Gasteiger partial charge in [-0.1, -0.05) is 6.92 Å². The fourth-order valence-electron chi connectivity index (χ4n) is 2.83. The zero-order valence-electron chi connectivity index (χ0n) is 13.4. The number of carbonyl (C=O) groups excluding carboxylic acids is 2. The molecule has 1 aromatic rings. The van der Waals surface area contributed by atoms with Crippen molar-refractivity contribution < 1.29 is 9.59 Å². The largest absolute Gasteiger partial charge is 0.338 e. The average molecular weight is 338 g/mol. The highest BCUT2D eigenvalue weighted by molar-refractivity contribution is 5.97. The van der Waals surface area contributed by atoms with Crippen LogP contribution < -0.4 is 11.1 Å². The summed E-state index contributed by atoms with van der Waals surface area (Å²) < 4.78 is 0. The number of rotatable bonds is 4. The van der Waals surface area contributed by atoms with Crippen LogP contribution >= 0.6 is 12.4 Å². The summed E-state index contributed by atoms with van der Waals surface area (Å²) in [6.07, 6.45) is 2.92. The minimum Gasteiger partial charge on any atom is -0.338 e. The molecule has 0 bridgehead atoms. The lowest BCUT2D eigenvalue weighted by atomic mass is 9.90. The van der Waals surface area contributed by atoms with Crippen LogP contribution in [0.2, 0.25) is 0 Å². The zero-order valence-corrected chi connectivity index (χ0v) is 14.2. The van der Waals surface area contributed by atoms with Crippen molar-refractivity contribution in [3.63, 3.8) is 0 Å². The molecule has 2 aliphatic rings. The van der Waals surface area contributed by atoms with E-state index in [1.165, 1.54) is 0 Å². The number of amides is 2. The Bertz CT molecular complexity index is 586. The van der Waals surface area contributed by atoms with E-state index in [1.54, 1.807) is 24.3 Å². The van der Waals surface area contributed by atoms with Crippen molar-refractivity contribution in [1.82, 2.24) is 4.90 Å². The molecule has 1 aliphatic heterocycles. The fourth-order valence-corrected chi connectivity index (χ4v) is 2.83. The number of likely N-dealkylation sites (tertiary alicyclic amines) is 1. The maximum absolute atomic E-state index is 12.5. The molecule has 2 amide bonds. The molecule has 1 aromatic carbocycles. The number of hydrogen-bond donors (Lipinski definition) is 2. The van der Waals surface area contributed by atoms with E-state index in [0.717, 1.165) is 31.5 Å². The Morgan fingerprint density at radius 1 is 1.30 bits per heavy atom. The number of halogens is 1. The normalized spacial score (nSPS) is 23.3. The Hall–Kier alpha value is -1.59. The predicted molar refractivity (Wildman–Crippen MR) is 92.7 cm³/mol. The highest BCUT2D eigenvalue weighted by atomic mass is 35.5. The van der Waals surface area contributed by atoms with Gasteiger partial charge >= 0.3 is 0 Å². The number of nitrogens with zero attached hydrogens (tertiary/aromatic N) is 1. The Kier molecular flexibility index (Phi) is 5.32. The van der Waals surface area contributed by atoms with Crippen LogP contribution in [-0.4, -0.2) is 36.3 Å². The molecule has 2 fully saturated rings. The van der Waals surface area contributed by atoms with Crippen LogP contribution in [0, 0.1) is 11.3 Å². The maximum atomic E-state index is 12.5. The van der Waals surface area contributed by atoms with Gasteiger partial charge in [0.05, 0.1) is 0 Å². The van der Waals surface area contributed by atoms with Crippen molar-refractivity contribution >= 4 is 29.9 Å². The van der Waals surface area contributed by atoms with Crippen LogP contribution in [0.5, 0.6) is 0 Å². The minimum atomic E-state index is 0. The topological polar surface area (TPSA) is 75.4 Å². The standard InChI is InChI=1S/C17H23N3O2.ClH/c1-17(10-18)8-9-20(11-17)16(22)13-4-6-14(7-5-13)19-15(21)12-2-3-12;/h4-7,12H,2-3,8-11,18H2,1H3,(H,19,21);1H. The molecular weight excluding hydrogens is 314 g/mol. The maximum Gasteiger partial charge on any atom is 0.253 e. The first-order valence-electron chi connectivity index (χ1n) is 7.91. The lowest BCUT2D eigenvalue weighted by Gasteiger charge is -2.22. The monoisotopic (exact) mass is 337 g/mol. The quantitative estimate of drug-likeness (QED) is 0.885. The number of benzene rings is 1. The Labute approximate surface area is 143 Å². The number of hydrogen-bond acceptors (Lipinski definition) is 3. The van der Waals surface area contributed by atoms with Crippen LogP contribution in [-0.2, 0) is 4.79 Å². The van der Waals surface area contributed by atoms with Crippen molar-refractivity contribution in [2.24, 2.45) is 17.1 Å². The smallest absolute Gasteiger partial charge is 0.253 e. The number of carbonyl (C=O) groups is 2. The lowest BCUT2D eigenvalue weighted by molar-refractivity contribution is -0.117. The second kappa shape index (κ2) is 6.89. The zero-order chi connectivity index (χ0) is 15.7. The van der Waals surface area contributed by atoms with Crippen molar-refractivity contribution in [2.45, 2.75) is 26.2 Å². The van der Waals surface area contributed by atoms with E-state index >= 15 is 0 Å². The van der Waals surface area contributed by atoms with E-state index in [4.69, 9.17) is 5.73 Å².